The van der Waals surface area contributed by atoms with E-state index in [0.717, 1.165) is 51.1 Å². The third-order valence-electron chi connectivity index (χ3n) is 6.44. The second kappa shape index (κ2) is 8.61. The van der Waals surface area contributed by atoms with E-state index in [9.17, 15) is 4.79 Å². The molecule has 148 valence electrons. The first kappa shape index (κ1) is 18.8. The maximum Gasteiger partial charge on any atom is 0.254 e. The molecule has 5 heteroatoms. The Morgan fingerprint density at radius 2 is 1.63 bits per heavy atom. The summed E-state index contributed by atoms with van der Waals surface area (Å²) >= 11 is 0. The van der Waals surface area contributed by atoms with Gasteiger partial charge in [-0.25, -0.2) is 5.01 Å². The van der Waals surface area contributed by atoms with E-state index in [4.69, 9.17) is 0 Å². The standard InChI is InChI=1S/C22H34N4O/c1-2-26(24-15-5-6-16-24)20-11-9-19(10-12-20)22(27)25-17-7-8-21(25)18-23-13-3-4-14-23/h9-12,21H,2-8,13-18H2,1H3. The first-order valence-electron chi connectivity index (χ1n) is 10.9. The molecule has 1 atom stereocenters. The lowest BCUT2D eigenvalue weighted by Crippen LogP contribution is -2.42. The Morgan fingerprint density at radius 3 is 2.30 bits per heavy atom. The third kappa shape index (κ3) is 4.14. The molecule has 1 amide bonds. The topological polar surface area (TPSA) is 30.0 Å². The third-order valence-corrected chi connectivity index (χ3v) is 6.44. The van der Waals surface area contributed by atoms with Gasteiger partial charge in [-0.05, 0) is 82.8 Å². The summed E-state index contributed by atoms with van der Waals surface area (Å²) in [6, 6.07) is 8.71. The van der Waals surface area contributed by atoms with Gasteiger partial charge in [0.1, 0.15) is 0 Å². The van der Waals surface area contributed by atoms with Gasteiger partial charge in [0.25, 0.3) is 5.91 Å². The number of hydrazine groups is 1. The highest BCUT2D eigenvalue weighted by Gasteiger charge is 2.31. The predicted molar refractivity (Wildman–Crippen MR) is 110 cm³/mol. The molecule has 0 N–H and O–H groups in total. The molecule has 3 saturated heterocycles. The Kier molecular flexibility index (Phi) is 5.98. The number of rotatable bonds is 6. The van der Waals surface area contributed by atoms with Crippen LogP contribution in [0.3, 0.4) is 0 Å². The number of hydrogen-bond donors (Lipinski definition) is 0. The summed E-state index contributed by atoms with van der Waals surface area (Å²) < 4.78 is 0. The second-order valence-corrected chi connectivity index (χ2v) is 8.23. The van der Waals surface area contributed by atoms with Crippen molar-refractivity contribution in [1.82, 2.24) is 14.8 Å². The fraction of sp³-hybridized carbons (Fsp3) is 0.682. The zero-order valence-electron chi connectivity index (χ0n) is 16.8. The molecular weight excluding hydrogens is 336 g/mol. The number of nitrogens with zero attached hydrogens (tertiary/aromatic N) is 4. The minimum Gasteiger partial charge on any atom is -0.334 e. The summed E-state index contributed by atoms with van der Waals surface area (Å²) in [5, 5.41) is 4.79. The van der Waals surface area contributed by atoms with Crippen LogP contribution in [0.25, 0.3) is 0 Å². The largest absolute Gasteiger partial charge is 0.334 e. The van der Waals surface area contributed by atoms with E-state index in [2.05, 4.69) is 38.9 Å². The van der Waals surface area contributed by atoms with Crippen molar-refractivity contribution >= 4 is 11.6 Å². The molecule has 3 aliphatic rings. The minimum atomic E-state index is 0.215. The molecule has 3 heterocycles. The number of benzene rings is 1. The molecule has 3 fully saturated rings. The van der Waals surface area contributed by atoms with Gasteiger partial charge in [0.2, 0.25) is 0 Å². The lowest BCUT2D eigenvalue weighted by Gasteiger charge is -2.33. The van der Waals surface area contributed by atoms with E-state index in [1.165, 1.54) is 44.5 Å². The van der Waals surface area contributed by atoms with Crippen LogP contribution in [-0.4, -0.2) is 72.6 Å². The average Bonchev–Trinajstić information content (AvgIpc) is 3.46. The molecule has 1 aromatic rings. The molecule has 27 heavy (non-hydrogen) atoms. The molecule has 4 rings (SSSR count). The van der Waals surface area contributed by atoms with Crippen molar-refractivity contribution in [2.75, 3.05) is 50.8 Å². The Bertz CT molecular complexity index is 620. The number of likely N-dealkylation sites (tertiary alicyclic amines) is 2. The van der Waals surface area contributed by atoms with Gasteiger partial charge in [0.15, 0.2) is 0 Å². The highest BCUT2D eigenvalue weighted by Crippen LogP contribution is 2.25. The van der Waals surface area contributed by atoms with Gasteiger partial charge < -0.3 is 14.8 Å². The van der Waals surface area contributed by atoms with Gasteiger partial charge >= 0.3 is 0 Å². The number of carbonyl (C=O) groups excluding carboxylic acids is 1. The van der Waals surface area contributed by atoms with Crippen molar-refractivity contribution < 1.29 is 4.79 Å². The van der Waals surface area contributed by atoms with Crippen LogP contribution in [0.2, 0.25) is 0 Å². The van der Waals surface area contributed by atoms with E-state index >= 15 is 0 Å². The smallest absolute Gasteiger partial charge is 0.254 e. The van der Waals surface area contributed by atoms with Crippen LogP contribution in [0.5, 0.6) is 0 Å². The molecule has 3 aliphatic heterocycles. The first-order valence-corrected chi connectivity index (χ1v) is 10.9. The average molecular weight is 371 g/mol. The van der Waals surface area contributed by atoms with Crippen molar-refractivity contribution in [2.45, 2.75) is 51.5 Å². The summed E-state index contributed by atoms with van der Waals surface area (Å²) in [4.78, 5) is 17.8. The van der Waals surface area contributed by atoms with E-state index < -0.39 is 0 Å². The summed E-state index contributed by atoms with van der Waals surface area (Å²) in [5.74, 6) is 0.215. The van der Waals surface area contributed by atoms with Crippen LogP contribution in [0, 0.1) is 0 Å². The molecule has 1 unspecified atom stereocenters. The van der Waals surface area contributed by atoms with E-state index in [1.54, 1.807) is 0 Å². The van der Waals surface area contributed by atoms with Crippen LogP contribution in [0.1, 0.15) is 55.8 Å². The van der Waals surface area contributed by atoms with Gasteiger partial charge in [-0.3, -0.25) is 4.79 Å². The van der Waals surface area contributed by atoms with E-state index in [0.29, 0.717) is 6.04 Å². The summed E-state index contributed by atoms with van der Waals surface area (Å²) in [6.07, 6.45) is 7.47. The number of hydrogen-bond acceptors (Lipinski definition) is 4. The van der Waals surface area contributed by atoms with Gasteiger partial charge in [-0.1, -0.05) is 0 Å². The van der Waals surface area contributed by atoms with E-state index in [1.807, 2.05) is 12.1 Å². The molecular formula is C22H34N4O. The van der Waals surface area contributed by atoms with Crippen molar-refractivity contribution in [3.8, 4) is 0 Å². The van der Waals surface area contributed by atoms with Gasteiger partial charge in [0, 0.05) is 44.3 Å². The maximum absolute atomic E-state index is 13.1. The fourth-order valence-corrected chi connectivity index (χ4v) is 4.99. The maximum atomic E-state index is 13.1. The van der Waals surface area contributed by atoms with Crippen molar-refractivity contribution in [3.05, 3.63) is 29.8 Å². The van der Waals surface area contributed by atoms with Crippen molar-refractivity contribution in [3.63, 3.8) is 0 Å². The lowest BCUT2D eigenvalue weighted by molar-refractivity contribution is 0.0709. The molecule has 0 aromatic heterocycles. The van der Waals surface area contributed by atoms with Crippen LogP contribution in [-0.2, 0) is 0 Å². The Morgan fingerprint density at radius 1 is 0.963 bits per heavy atom. The number of anilines is 1. The SMILES string of the molecule is CCN(c1ccc(C(=O)N2CCCC2CN2CCCC2)cc1)N1CCCC1. The number of amides is 1. The lowest BCUT2D eigenvalue weighted by atomic mass is 10.1. The van der Waals surface area contributed by atoms with E-state index in [-0.39, 0.29) is 5.91 Å². The van der Waals surface area contributed by atoms with Crippen molar-refractivity contribution in [1.29, 1.82) is 0 Å². The second-order valence-electron chi connectivity index (χ2n) is 8.23. The normalized spacial score (nSPS) is 24.0. The molecule has 0 radical (unpaired) electrons. The van der Waals surface area contributed by atoms with Crippen LogP contribution < -0.4 is 5.01 Å². The highest BCUT2D eigenvalue weighted by atomic mass is 16.2. The van der Waals surface area contributed by atoms with Gasteiger partial charge in [-0.2, -0.15) is 0 Å². The molecule has 0 aliphatic carbocycles. The molecule has 1 aromatic carbocycles. The fourth-order valence-electron chi connectivity index (χ4n) is 4.99. The minimum absolute atomic E-state index is 0.215. The highest BCUT2D eigenvalue weighted by molar-refractivity contribution is 5.95. The zero-order valence-corrected chi connectivity index (χ0v) is 16.8. The molecule has 0 saturated carbocycles. The monoisotopic (exact) mass is 370 g/mol. The van der Waals surface area contributed by atoms with Gasteiger partial charge in [0.05, 0.1) is 5.69 Å². The Balaban J connectivity index is 1.42. The summed E-state index contributed by atoms with van der Waals surface area (Å²) in [6.45, 7) is 9.83. The van der Waals surface area contributed by atoms with Crippen molar-refractivity contribution in [2.24, 2.45) is 0 Å². The van der Waals surface area contributed by atoms with Crippen LogP contribution >= 0.6 is 0 Å². The van der Waals surface area contributed by atoms with Crippen LogP contribution in [0.15, 0.2) is 24.3 Å². The predicted octanol–water partition coefficient (Wildman–Crippen LogP) is 3.22. The number of carbonyl (C=O) groups is 1. The summed E-state index contributed by atoms with van der Waals surface area (Å²) in [5.41, 5.74) is 2.04. The van der Waals surface area contributed by atoms with Gasteiger partial charge in [-0.15, -0.1) is 0 Å². The quantitative estimate of drug-likeness (QED) is 0.769. The molecule has 0 bridgehead atoms. The molecule has 5 nitrogen and oxygen atoms in total. The summed E-state index contributed by atoms with van der Waals surface area (Å²) in [7, 11) is 0. The Hall–Kier alpha value is -1.59. The van der Waals surface area contributed by atoms with Crippen LogP contribution in [0.4, 0.5) is 5.69 Å². The zero-order chi connectivity index (χ0) is 18.6. The first-order chi connectivity index (χ1) is 13.3. The molecule has 0 spiro atoms. The Labute approximate surface area is 163 Å².